The maximum atomic E-state index is 12.8. The van der Waals surface area contributed by atoms with Crippen LogP contribution in [0.4, 0.5) is 0 Å². The normalized spacial score (nSPS) is 20.2. The standard InChI is InChI=1S/C57H94O9/c1-3-5-7-9-11-13-15-17-19-21-23-24-25-26-27-29-31-33-35-37-39-41-43-45-47-63-49-51(50-64-57-56(62)55(61)54(60)52(48-58)66-57)65-53(59)46-44-42-40-38-36-34-32-30-28-22-20-18-16-14-12-10-8-6-4-2/h6,8,12,14-15,17-18,20-21,23,25-26,28,30,34,36,40,42,51-52,54-58,60-62H,3-5,7,9-11,13,16,19,22,24,27,29,31-33,35,37-39,41,43-50H2,1-2H3/b8-6-,14-12-,17-15-,20-18-,23-21-,26-25-,30-28-,36-34-,42-40-. The summed E-state index contributed by atoms with van der Waals surface area (Å²) in [7, 11) is 0. The fourth-order valence-corrected chi connectivity index (χ4v) is 7.17. The van der Waals surface area contributed by atoms with Crippen LogP contribution in [0.5, 0.6) is 0 Å². The highest BCUT2D eigenvalue weighted by molar-refractivity contribution is 5.69. The van der Waals surface area contributed by atoms with Crippen LogP contribution in [0.25, 0.3) is 0 Å². The predicted molar refractivity (Wildman–Crippen MR) is 274 cm³/mol. The number of esters is 1. The van der Waals surface area contributed by atoms with Crippen LogP contribution in [-0.4, -0.2) is 89.6 Å². The van der Waals surface area contributed by atoms with Gasteiger partial charge in [0.05, 0.1) is 19.8 Å². The van der Waals surface area contributed by atoms with E-state index in [2.05, 4.69) is 111 Å². The third-order valence-electron chi connectivity index (χ3n) is 11.2. The van der Waals surface area contributed by atoms with Crippen LogP contribution < -0.4 is 0 Å². The Morgan fingerprint density at radius 2 is 0.924 bits per heavy atom. The molecule has 9 nitrogen and oxygen atoms in total. The topological polar surface area (TPSA) is 135 Å². The molecule has 1 fully saturated rings. The molecule has 6 atom stereocenters. The van der Waals surface area contributed by atoms with Crippen molar-refractivity contribution in [2.45, 2.75) is 218 Å². The summed E-state index contributed by atoms with van der Waals surface area (Å²) in [5, 5.41) is 40.2. The molecule has 0 aromatic rings. The number of hydrogen-bond acceptors (Lipinski definition) is 9. The first-order valence-corrected chi connectivity index (χ1v) is 26.0. The fraction of sp³-hybridized carbons (Fsp3) is 0.667. The highest BCUT2D eigenvalue weighted by Crippen LogP contribution is 2.22. The molecule has 1 saturated heterocycles. The summed E-state index contributed by atoms with van der Waals surface area (Å²) in [6.07, 6.45) is 59.9. The van der Waals surface area contributed by atoms with E-state index in [1.54, 1.807) is 0 Å². The lowest BCUT2D eigenvalue weighted by Gasteiger charge is -2.39. The number of rotatable bonds is 43. The van der Waals surface area contributed by atoms with Gasteiger partial charge in [0.15, 0.2) is 6.29 Å². The molecule has 0 radical (unpaired) electrons. The average Bonchev–Trinajstić information content (AvgIpc) is 3.32. The number of allylic oxidation sites excluding steroid dienone is 18. The van der Waals surface area contributed by atoms with Crippen LogP contribution in [0.15, 0.2) is 109 Å². The van der Waals surface area contributed by atoms with E-state index in [0.29, 0.717) is 13.0 Å². The van der Waals surface area contributed by atoms with E-state index >= 15 is 0 Å². The van der Waals surface area contributed by atoms with Crippen molar-refractivity contribution >= 4 is 5.97 Å². The van der Waals surface area contributed by atoms with Gasteiger partial charge >= 0.3 is 5.97 Å². The van der Waals surface area contributed by atoms with Crippen molar-refractivity contribution in [3.8, 4) is 0 Å². The van der Waals surface area contributed by atoms with Crippen molar-refractivity contribution in [2.24, 2.45) is 0 Å². The molecule has 6 unspecified atom stereocenters. The smallest absolute Gasteiger partial charge is 0.306 e. The lowest BCUT2D eigenvalue weighted by molar-refractivity contribution is -0.305. The van der Waals surface area contributed by atoms with Crippen LogP contribution in [0, 0.1) is 0 Å². The van der Waals surface area contributed by atoms with E-state index in [9.17, 15) is 25.2 Å². The van der Waals surface area contributed by atoms with Gasteiger partial charge in [-0.3, -0.25) is 4.79 Å². The number of carbonyl (C=O) groups excluding carboxylic acids is 1. The number of unbranched alkanes of at least 4 members (excludes halogenated alkanes) is 14. The Kier molecular flexibility index (Phi) is 43.3. The van der Waals surface area contributed by atoms with Gasteiger partial charge in [-0.2, -0.15) is 0 Å². The molecule has 1 aliphatic heterocycles. The Morgan fingerprint density at radius 3 is 1.39 bits per heavy atom. The van der Waals surface area contributed by atoms with Gasteiger partial charge in [-0.15, -0.1) is 0 Å². The molecule has 9 heteroatoms. The van der Waals surface area contributed by atoms with Crippen molar-refractivity contribution < 1.29 is 44.2 Å². The number of ether oxygens (including phenoxy) is 4. The molecule has 376 valence electrons. The summed E-state index contributed by atoms with van der Waals surface area (Å²) in [6.45, 7) is 4.31. The van der Waals surface area contributed by atoms with Crippen molar-refractivity contribution in [3.05, 3.63) is 109 Å². The summed E-state index contributed by atoms with van der Waals surface area (Å²) in [4.78, 5) is 12.8. The Bertz CT molecular complexity index is 1370. The van der Waals surface area contributed by atoms with Crippen LogP contribution in [0.2, 0.25) is 0 Å². The maximum absolute atomic E-state index is 12.8. The lowest BCUT2D eigenvalue weighted by Crippen LogP contribution is -2.59. The van der Waals surface area contributed by atoms with Crippen LogP contribution in [-0.2, 0) is 23.7 Å². The zero-order valence-corrected chi connectivity index (χ0v) is 41.4. The minimum absolute atomic E-state index is 0.103. The van der Waals surface area contributed by atoms with E-state index < -0.39 is 49.4 Å². The number of hydrogen-bond donors (Lipinski definition) is 4. The van der Waals surface area contributed by atoms with E-state index in [-0.39, 0.29) is 19.6 Å². The largest absolute Gasteiger partial charge is 0.457 e. The molecule has 1 heterocycles. The fourth-order valence-electron chi connectivity index (χ4n) is 7.17. The SMILES string of the molecule is CC/C=C\C/C=C\C/C=C\C/C=C\C/C=C\C/C=C\CCC(=O)OC(COCCCCCCCCCCC/C=C\C/C=C\C/C=C\CCCCCCC)COC1OC(CO)C(O)C(O)C1O. The molecule has 0 saturated carbocycles. The molecule has 1 aliphatic rings. The number of aliphatic hydroxyl groups is 4. The van der Waals surface area contributed by atoms with E-state index in [0.717, 1.165) is 77.0 Å². The third-order valence-corrected chi connectivity index (χ3v) is 11.2. The highest BCUT2D eigenvalue weighted by atomic mass is 16.7. The summed E-state index contributed by atoms with van der Waals surface area (Å²) in [5.41, 5.74) is 0. The first-order chi connectivity index (χ1) is 32.4. The Balaban J connectivity index is 2.27. The van der Waals surface area contributed by atoms with Gasteiger partial charge in [-0.25, -0.2) is 0 Å². The van der Waals surface area contributed by atoms with Gasteiger partial charge in [-0.1, -0.05) is 194 Å². The molecular weight excluding hydrogens is 829 g/mol. The minimum atomic E-state index is -1.56. The van der Waals surface area contributed by atoms with Gasteiger partial charge in [-0.05, 0) is 89.9 Å². The summed E-state index contributed by atoms with van der Waals surface area (Å²) in [5.74, 6) is -0.401. The van der Waals surface area contributed by atoms with Gasteiger partial charge in [0.1, 0.15) is 30.5 Å². The summed E-state index contributed by atoms with van der Waals surface area (Å²) >= 11 is 0. The van der Waals surface area contributed by atoms with Crippen LogP contribution >= 0.6 is 0 Å². The number of carbonyl (C=O) groups is 1. The van der Waals surface area contributed by atoms with Crippen molar-refractivity contribution in [2.75, 3.05) is 26.4 Å². The quantitative estimate of drug-likeness (QED) is 0.0268. The maximum Gasteiger partial charge on any atom is 0.306 e. The van der Waals surface area contributed by atoms with Gasteiger partial charge in [0.25, 0.3) is 0 Å². The van der Waals surface area contributed by atoms with Crippen molar-refractivity contribution in [1.82, 2.24) is 0 Å². The Labute approximate surface area is 402 Å². The lowest BCUT2D eigenvalue weighted by atomic mass is 9.99. The summed E-state index contributed by atoms with van der Waals surface area (Å²) in [6, 6.07) is 0. The molecule has 0 aromatic carbocycles. The van der Waals surface area contributed by atoms with Crippen LogP contribution in [0.1, 0.15) is 181 Å². The zero-order chi connectivity index (χ0) is 47.8. The molecule has 0 spiro atoms. The van der Waals surface area contributed by atoms with E-state index in [4.69, 9.17) is 18.9 Å². The zero-order valence-electron chi connectivity index (χ0n) is 41.4. The van der Waals surface area contributed by atoms with Gasteiger partial charge in [0, 0.05) is 13.0 Å². The van der Waals surface area contributed by atoms with E-state index in [1.807, 2.05) is 12.2 Å². The van der Waals surface area contributed by atoms with E-state index in [1.165, 1.54) is 77.0 Å². The minimum Gasteiger partial charge on any atom is -0.457 e. The van der Waals surface area contributed by atoms with Crippen LogP contribution in [0.3, 0.4) is 0 Å². The molecular formula is C57H94O9. The molecule has 0 amide bonds. The average molecular weight is 923 g/mol. The Hall–Kier alpha value is -3.15. The monoisotopic (exact) mass is 923 g/mol. The van der Waals surface area contributed by atoms with Gasteiger partial charge < -0.3 is 39.4 Å². The molecule has 4 N–H and O–H groups in total. The summed E-state index contributed by atoms with van der Waals surface area (Å²) < 4.78 is 22.8. The molecule has 1 rings (SSSR count). The Morgan fingerprint density at radius 1 is 0.500 bits per heavy atom. The first kappa shape index (κ1) is 60.9. The second-order valence-corrected chi connectivity index (χ2v) is 17.2. The second kappa shape index (κ2) is 46.9. The predicted octanol–water partition coefficient (Wildman–Crippen LogP) is 12.9. The van der Waals surface area contributed by atoms with Gasteiger partial charge in [0.2, 0.25) is 0 Å². The molecule has 0 aliphatic carbocycles. The second-order valence-electron chi connectivity index (χ2n) is 17.2. The highest BCUT2D eigenvalue weighted by Gasteiger charge is 2.44. The molecule has 0 aromatic heterocycles. The first-order valence-electron chi connectivity index (χ1n) is 26.0. The molecule has 0 bridgehead atoms. The molecule has 66 heavy (non-hydrogen) atoms. The third kappa shape index (κ3) is 36.9. The van der Waals surface area contributed by atoms with Crippen molar-refractivity contribution in [3.63, 3.8) is 0 Å². The number of aliphatic hydroxyl groups excluding tert-OH is 4. The van der Waals surface area contributed by atoms with Crippen molar-refractivity contribution in [1.29, 1.82) is 0 Å².